The fourth-order valence-corrected chi connectivity index (χ4v) is 5.42. The minimum Gasteiger partial charge on any atom is -0.497 e. The molecule has 0 spiro atoms. The van der Waals surface area contributed by atoms with E-state index in [1.807, 2.05) is 44.1 Å². The van der Waals surface area contributed by atoms with Crippen molar-refractivity contribution in [3.05, 3.63) is 48.0 Å². The lowest BCUT2D eigenvalue weighted by atomic mass is 10.2. The van der Waals surface area contributed by atoms with Gasteiger partial charge in [-0.2, -0.15) is 0 Å². The second-order valence-electron chi connectivity index (χ2n) is 7.60. The Morgan fingerprint density at radius 2 is 1.81 bits per heavy atom. The number of sulfone groups is 1. The molecule has 31 heavy (non-hydrogen) atoms. The summed E-state index contributed by atoms with van der Waals surface area (Å²) in [4.78, 5) is 21.4. The van der Waals surface area contributed by atoms with Crippen LogP contribution in [0.3, 0.4) is 0 Å². The van der Waals surface area contributed by atoms with Crippen molar-refractivity contribution < 1.29 is 17.9 Å². The van der Waals surface area contributed by atoms with E-state index in [1.165, 1.54) is 35.5 Å². The molecule has 1 heterocycles. The predicted octanol–water partition coefficient (Wildman–Crippen LogP) is 3.37. The third-order valence-corrected chi connectivity index (χ3v) is 7.44. The first kappa shape index (κ1) is 23.2. The van der Waals surface area contributed by atoms with Gasteiger partial charge in [0, 0.05) is 6.54 Å². The number of thiazole rings is 1. The van der Waals surface area contributed by atoms with Gasteiger partial charge in [0.25, 0.3) is 0 Å². The standard InChI is InChI=1S/C22H27N3O4S2/c1-16-6-11-19-20(14-16)30-22(23-19)25(13-5-12-24(2)3)21(26)15-31(27,28)18-9-7-17(29-4)8-10-18/h6-11,14H,5,12-13,15H2,1-4H3. The van der Waals surface area contributed by atoms with Crippen LogP contribution in [0, 0.1) is 6.92 Å². The molecule has 0 N–H and O–H groups in total. The molecule has 1 amide bonds. The van der Waals surface area contributed by atoms with E-state index in [9.17, 15) is 13.2 Å². The maximum absolute atomic E-state index is 13.2. The van der Waals surface area contributed by atoms with Crippen molar-refractivity contribution in [3.8, 4) is 5.75 Å². The van der Waals surface area contributed by atoms with Crippen LogP contribution in [-0.2, 0) is 14.6 Å². The Bertz CT molecular complexity index is 1160. The Labute approximate surface area is 187 Å². The van der Waals surface area contributed by atoms with Gasteiger partial charge in [-0.1, -0.05) is 17.4 Å². The zero-order valence-electron chi connectivity index (χ0n) is 18.2. The second kappa shape index (κ2) is 9.76. The average molecular weight is 462 g/mol. The highest BCUT2D eigenvalue weighted by Gasteiger charge is 2.26. The van der Waals surface area contributed by atoms with E-state index in [2.05, 4.69) is 4.98 Å². The number of ether oxygens (including phenoxy) is 1. The Balaban J connectivity index is 1.87. The largest absolute Gasteiger partial charge is 0.497 e. The SMILES string of the molecule is COc1ccc(S(=O)(=O)CC(=O)N(CCCN(C)C)c2nc3ccc(C)cc3s2)cc1. The van der Waals surface area contributed by atoms with E-state index in [0.717, 1.165) is 22.3 Å². The smallest absolute Gasteiger partial charge is 0.244 e. The summed E-state index contributed by atoms with van der Waals surface area (Å²) in [5, 5.41) is 0.522. The van der Waals surface area contributed by atoms with Crippen LogP contribution in [-0.4, -0.2) is 64.3 Å². The van der Waals surface area contributed by atoms with Crippen molar-refractivity contribution in [2.75, 3.05) is 44.9 Å². The van der Waals surface area contributed by atoms with Gasteiger partial charge in [-0.05, 0) is 75.9 Å². The number of fused-ring (bicyclic) bond motifs is 1. The van der Waals surface area contributed by atoms with Gasteiger partial charge in [-0.25, -0.2) is 13.4 Å². The number of anilines is 1. The van der Waals surface area contributed by atoms with Crippen LogP contribution in [0.4, 0.5) is 5.13 Å². The highest BCUT2D eigenvalue weighted by molar-refractivity contribution is 7.92. The van der Waals surface area contributed by atoms with Gasteiger partial charge in [0.2, 0.25) is 5.91 Å². The van der Waals surface area contributed by atoms with Crippen molar-refractivity contribution >= 4 is 42.4 Å². The maximum Gasteiger partial charge on any atom is 0.244 e. The molecular weight excluding hydrogens is 434 g/mol. The highest BCUT2D eigenvalue weighted by atomic mass is 32.2. The predicted molar refractivity (Wildman–Crippen MR) is 125 cm³/mol. The molecule has 0 aliphatic rings. The quantitative estimate of drug-likeness (QED) is 0.486. The maximum atomic E-state index is 13.2. The van der Waals surface area contributed by atoms with Crippen LogP contribution < -0.4 is 9.64 Å². The normalized spacial score (nSPS) is 11.8. The molecule has 3 aromatic rings. The number of rotatable bonds is 9. The first-order chi connectivity index (χ1) is 14.7. The summed E-state index contributed by atoms with van der Waals surface area (Å²) in [6.45, 7) is 3.17. The molecule has 0 saturated carbocycles. The molecule has 0 aliphatic carbocycles. The van der Waals surface area contributed by atoms with Crippen LogP contribution in [0.2, 0.25) is 0 Å². The number of methoxy groups -OCH3 is 1. The number of hydrogen-bond acceptors (Lipinski definition) is 7. The summed E-state index contributed by atoms with van der Waals surface area (Å²) in [7, 11) is 1.63. The van der Waals surface area contributed by atoms with Gasteiger partial charge < -0.3 is 9.64 Å². The van der Waals surface area contributed by atoms with E-state index in [1.54, 1.807) is 12.1 Å². The number of aryl methyl sites for hydroxylation is 1. The molecule has 7 nitrogen and oxygen atoms in total. The van der Waals surface area contributed by atoms with Crippen molar-refractivity contribution in [1.29, 1.82) is 0 Å². The van der Waals surface area contributed by atoms with E-state index >= 15 is 0 Å². The second-order valence-corrected chi connectivity index (χ2v) is 10.6. The average Bonchev–Trinajstić information content (AvgIpc) is 3.13. The van der Waals surface area contributed by atoms with Crippen molar-refractivity contribution in [2.24, 2.45) is 0 Å². The summed E-state index contributed by atoms with van der Waals surface area (Å²) in [6.07, 6.45) is 0.705. The van der Waals surface area contributed by atoms with Crippen LogP contribution in [0.1, 0.15) is 12.0 Å². The molecule has 2 aromatic carbocycles. The number of benzene rings is 2. The topological polar surface area (TPSA) is 79.8 Å². The molecule has 3 rings (SSSR count). The van der Waals surface area contributed by atoms with Crippen LogP contribution in [0.25, 0.3) is 10.2 Å². The first-order valence-electron chi connectivity index (χ1n) is 9.89. The first-order valence-corrected chi connectivity index (χ1v) is 12.4. The monoisotopic (exact) mass is 461 g/mol. The van der Waals surface area contributed by atoms with Gasteiger partial charge >= 0.3 is 0 Å². The Morgan fingerprint density at radius 1 is 1.10 bits per heavy atom. The van der Waals surface area contributed by atoms with Gasteiger partial charge in [0.05, 0.1) is 22.2 Å². The number of carbonyl (C=O) groups excluding carboxylic acids is 1. The minimum absolute atomic E-state index is 0.0924. The summed E-state index contributed by atoms with van der Waals surface area (Å²) in [6, 6.07) is 12.0. The number of amides is 1. The number of aromatic nitrogens is 1. The Hall–Kier alpha value is -2.49. The number of hydrogen-bond donors (Lipinski definition) is 0. The lowest BCUT2D eigenvalue weighted by Gasteiger charge is -2.21. The fraction of sp³-hybridized carbons (Fsp3) is 0.364. The lowest BCUT2D eigenvalue weighted by Crippen LogP contribution is -2.37. The minimum atomic E-state index is -3.80. The molecular formula is C22H27N3O4S2. The van der Waals surface area contributed by atoms with Gasteiger partial charge in [-0.3, -0.25) is 9.69 Å². The molecule has 0 atom stereocenters. The summed E-state index contributed by atoms with van der Waals surface area (Å²) < 4.78 is 31.8. The van der Waals surface area contributed by atoms with Crippen molar-refractivity contribution in [3.63, 3.8) is 0 Å². The number of nitrogens with zero attached hydrogens (tertiary/aromatic N) is 3. The lowest BCUT2D eigenvalue weighted by molar-refractivity contribution is -0.116. The fourth-order valence-electron chi connectivity index (χ4n) is 3.11. The molecule has 0 saturated heterocycles. The van der Waals surface area contributed by atoms with E-state index in [0.29, 0.717) is 23.8 Å². The summed E-state index contributed by atoms with van der Waals surface area (Å²) >= 11 is 1.40. The van der Waals surface area contributed by atoms with Crippen LogP contribution in [0.15, 0.2) is 47.4 Å². The van der Waals surface area contributed by atoms with Gasteiger partial charge in [0.15, 0.2) is 15.0 Å². The van der Waals surface area contributed by atoms with Crippen LogP contribution in [0.5, 0.6) is 5.75 Å². The molecule has 9 heteroatoms. The Kier molecular flexibility index (Phi) is 7.30. The summed E-state index contributed by atoms with van der Waals surface area (Å²) in [5.41, 5.74) is 1.91. The zero-order chi connectivity index (χ0) is 22.6. The van der Waals surface area contributed by atoms with Gasteiger partial charge in [-0.15, -0.1) is 0 Å². The molecule has 0 aliphatic heterocycles. The molecule has 0 unspecified atom stereocenters. The third-order valence-electron chi connectivity index (χ3n) is 4.78. The van der Waals surface area contributed by atoms with E-state index in [-0.39, 0.29) is 4.90 Å². The zero-order valence-corrected chi connectivity index (χ0v) is 19.8. The van der Waals surface area contributed by atoms with Crippen molar-refractivity contribution in [2.45, 2.75) is 18.2 Å². The van der Waals surface area contributed by atoms with E-state index in [4.69, 9.17) is 4.74 Å². The Morgan fingerprint density at radius 3 is 2.45 bits per heavy atom. The highest BCUT2D eigenvalue weighted by Crippen LogP contribution is 2.30. The van der Waals surface area contributed by atoms with E-state index < -0.39 is 21.5 Å². The summed E-state index contributed by atoms with van der Waals surface area (Å²) in [5.74, 6) is -0.540. The molecule has 166 valence electrons. The molecule has 0 fully saturated rings. The molecule has 1 aromatic heterocycles. The van der Waals surface area contributed by atoms with Gasteiger partial charge in [0.1, 0.15) is 11.5 Å². The van der Waals surface area contributed by atoms with Crippen LogP contribution >= 0.6 is 11.3 Å². The molecule has 0 radical (unpaired) electrons. The number of carbonyl (C=O) groups is 1. The molecule has 0 bridgehead atoms. The van der Waals surface area contributed by atoms with Crippen molar-refractivity contribution in [1.82, 2.24) is 9.88 Å². The third kappa shape index (κ3) is 5.81.